The number of aryl methyl sites for hydroxylation is 1. The molecule has 0 saturated heterocycles. The number of hydrogen-bond acceptors (Lipinski definition) is 1. The van der Waals surface area contributed by atoms with Gasteiger partial charge in [0, 0.05) is 11.7 Å². The van der Waals surface area contributed by atoms with E-state index in [-0.39, 0.29) is 0 Å². The Kier molecular flexibility index (Phi) is 3.08. The first-order chi connectivity index (χ1) is 8.70. The first kappa shape index (κ1) is 11.7. The maximum atomic E-state index is 5.39. The van der Waals surface area contributed by atoms with E-state index < -0.39 is 0 Å². The van der Waals surface area contributed by atoms with Gasteiger partial charge in [0.25, 0.3) is 0 Å². The third kappa shape index (κ3) is 2.41. The number of benzene rings is 1. The van der Waals surface area contributed by atoms with E-state index in [2.05, 4.69) is 41.8 Å². The molecule has 0 aromatic heterocycles. The summed E-state index contributed by atoms with van der Waals surface area (Å²) in [4.78, 5) is 0. The number of fused-ring (bicyclic) bond motifs is 2. The normalized spacial score (nSPS) is 28.4. The zero-order valence-corrected chi connectivity index (χ0v) is 11.3. The van der Waals surface area contributed by atoms with Gasteiger partial charge in [0.05, 0.1) is 0 Å². The fourth-order valence-corrected chi connectivity index (χ4v) is 3.27. The van der Waals surface area contributed by atoms with Crippen LogP contribution in [0.15, 0.2) is 36.4 Å². The molecule has 3 rings (SSSR count). The van der Waals surface area contributed by atoms with E-state index in [1.54, 1.807) is 0 Å². The van der Waals surface area contributed by atoms with Crippen molar-refractivity contribution < 1.29 is 0 Å². The topological polar surface area (TPSA) is 24.1 Å². The second-order valence-corrected chi connectivity index (χ2v) is 5.76. The molecule has 1 aromatic carbocycles. The molecule has 3 heteroatoms. The second-order valence-electron chi connectivity index (χ2n) is 5.35. The first-order valence-electron chi connectivity index (χ1n) is 6.53. The molecule has 94 valence electrons. The van der Waals surface area contributed by atoms with Crippen molar-refractivity contribution in [1.29, 1.82) is 0 Å². The van der Waals surface area contributed by atoms with Crippen molar-refractivity contribution in [3.63, 3.8) is 0 Å². The molecule has 2 N–H and O–H groups in total. The Bertz CT molecular complexity index is 495. The number of rotatable bonds is 2. The van der Waals surface area contributed by atoms with Gasteiger partial charge in [0.15, 0.2) is 5.11 Å². The lowest BCUT2D eigenvalue weighted by atomic mass is 10.0. The van der Waals surface area contributed by atoms with Crippen molar-refractivity contribution >= 4 is 23.0 Å². The van der Waals surface area contributed by atoms with Gasteiger partial charge < -0.3 is 10.6 Å². The van der Waals surface area contributed by atoms with Crippen LogP contribution in [0.4, 0.5) is 5.69 Å². The highest BCUT2D eigenvalue weighted by molar-refractivity contribution is 7.80. The molecular formula is C15H18N2S. The van der Waals surface area contributed by atoms with Crippen LogP contribution in [-0.2, 0) is 0 Å². The molecule has 2 nitrogen and oxygen atoms in total. The van der Waals surface area contributed by atoms with Crippen molar-refractivity contribution in [1.82, 2.24) is 5.32 Å². The number of allylic oxidation sites excluding steroid dienone is 1. The smallest absolute Gasteiger partial charge is 0.171 e. The van der Waals surface area contributed by atoms with Crippen LogP contribution in [0.5, 0.6) is 0 Å². The van der Waals surface area contributed by atoms with E-state index >= 15 is 0 Å². The second kappa shape index (κ2) is 4.73. The Labute approximate surface area is 113 Å². The van der Waals surface area contributed by atoms with Gasteiger partial charge in [-0.15, -0.1) is 0 Å². The van der Waals surface area contributed by atoms with Gasteiger partial charge >= 0.3 is 0 Å². The van der Waals surface area contributed by atoms with Crippen molar-refractivity contribution in [3.05, 3.63) is 42.0 Å². The summed E-state index contributed by atoms with van der Waals surface area (Å²) in [5.74, 6) is 1.45. The van der Waals surface area contributed by atoms with E-state index in [0.717, 1.165) is 16.7 Å². The molecule has 18 heavy (non-hydrogen) atoms. The van der Waals surface area contributed by atoms with Gasteiger partial charge in [0.2, 0.25) is 0 Å². The summed E-state index contributed by atoms with van der Waals surface area (Å²) in [5.41, 5.74) is 2.30. The van der Waals surface area contributed by atoms with E-state index in [9.17, 15) is 0 Å². The van der Waals surface area contributed by atoms with E-state index in [1.807, 2.05) is 12.1 Å². The van der Waals surface area contributed by atoms with Crippen LogP contribution in [-0.4, -0.2) is 11.2 Å². The summed E-state index contributed by atoms with van der Waals surface area (Å²) >= 11 is 5.39. The fourth-order valence-electron chi connectivity index (χ4n) is 3.01. The largest absolute Gasteiger partial charge is 0.359 e. The van der Waals surface area contributed by atoms with E-state index in [4.69, 9.17) is 12.2 Å². The Hall–Kier alpha value is -1.35. The third-order valence-corrected chi connectivity index (χ3v) is 4.09. The van der Waals surface area contributed by atoms with Crippen molar-refractivity contribution in [2.24, 2.45) is 11.8 Å². The maximum Gasteiger partial charge on any atom is 0.171 e. The summed E-state index contributed by atoms with van der Waals surface area (Å²) in [7, 11) is 0. The molecule has 2 aliphatic rings. The number of anilines is 1. The fraction of sp³-hybridized carbons (Fsp3) is 0.400. The zero-order chi connectivity index (χ0) is 12.5. The number of nitrogens with one attached hydrogen (secondary N) is 2. The summed E-state index contributed by atoms with van der Waals surface area (Å²) in [6, 6.07) is 8.80. The summed E-state index contributed by atoms with van der Waals surface area (Å²) in [5, 5.41) is 7.45. The molecule has 0 spiro atoms. The monoisotopic (exact) mass is 258 g/mol. The Morgan fingerprint density at radius 2 is 2.17 bits per heavy atom. The van der Waals surface area contributed by atoms with Gasteiger partial charge in [-0.2, -0.15) is 0 Å². The lowest BCUT2D eigenvalue weighted by Gasteiger charge is -2.22. The number of thiocarbonyl (C=S) groups is 1. The Morgan fingerprint density at radius 1 is 1.28 bits per heavy atom. The molecule has 1 saturated carbocycles. The molecular weight excluding hydrogens is 240 g/mol. The quantitative estimate of drug-likeness (QED) is 0.629. The first-order valence-corrected chi connectivity index (χ1v) is 6.94. The summed E-state index contributed by atoms with van der Waals surface area (Å²) in [6.45, 7) is 2.09. The van der Waals surface area contributed by atoms with Crippen LogP contribution in [0.25, 0.3) is 0 Å². The minimum absolute atomic E-state index is 0.518. The molecule has 3 atom stereocenters. The molecule has 1 aromatic rings. The molecule has 0 heterocycles. The van der Waals surface area contributed by atoms with E-state index in [0.29, 0.717) is 12.0 Å². The van der Waals surface area contributed by atoms with Crippen LogP contribution in [0.1, 0.15) is 18.4 Å². The Morgan fingerprint density at radius 3 is 2.83 bits per heavy atom. The van der Waals surface area contributed by atoms with Gasteiger partial charge in [-0.25, -0.2) is 0 Å². The number of hydrogen-bond donors (Lipinski definition) is 2. The van der Waals surface area contributed by atoms with Crippen molar-refractivity contribution in [2.45, 2.75) is 25.8 Å². The van der Waals surface area contributed by atoms with Gasteiger partial charge in [-0.3, -0.25) is 0 Å². The van der Waals surface area contributed by atoms with Gasteiger partial charge in [0.1, 0.15) is 0 Å². The molecule has 1 fully saturated rings. The maximum absolute atomic E-state index is 5.39. The van der Waals surface area contributed by atoms with Crippen LogP contribution >= 0.6 is 12.2 Å². The molecule has 0 aliphatic heterocycles. The van der Waals surface area contributed by atoms with Gasteiger partial charge in [-0.1, -0.05) is 24.3 Å². The average Bonchev–Trinajstić information content (AvgIpc) is 2.90. The van der Waals surface area contributed by atoms with Crippen LogP contribution in [0, 0.1) is 18.8 Å². The zero-order valence-electron chi connectivity index (χ0n) is 10.5. The van der Waals surface area contributed by atoms with Gasteiger partial charge in [-0.05, 0) is 61.5 Å². The van der Waals surface area contributed by atoms with Crippen molar-refractivity contribution in [3.8, 4) is 0 Å². The molecule has 0 amide bonds. The predicted molar refractivity (Wildman–Crippen MR) is 79.7 cm³/mol. The average molecular weight is 258 g/mol. The third-order valence-electron chi connectivity index (χ3n) is 3.87. The minimum atomic E-state index is 0.518. The minimum Gasteiger partial charge on any atom is -0.359 e. The highest BCUT2D eigenvalue weighted by Crippen LogP contribution is 2.38. The molecule has 0 radical (unpaired) electrons. The lowest BCUT2D eigenvalue weighted by molar-refractivity contribution is 0.526. The van der Waals surface area contributed by atoms with Crippen LogP contribution in [0.3, 0.4) is 0 Å². The SMILES string of the molecule is Cc1cccc(NC(=S)N[C@@H]2C[C@H]3C=C[C@H]2C3)c1. The predicted octanol–water partition coefficient (Wildman–Crippen LogP) is 3.25. The van der Waals surface area contributed by atoms with Crippen molar-refractivity contribution in [2.75, 3.05) is 5.32 Å². The Balaban J connectivity index is 1.58. The lowest BCUT2D eigenvalue weighted by Crippen LogP contribution is -2.40. The van der Waals surface area contributed by atoms with Crippen LogP contribution < -0.4 is 10.6 Å². The summed E-state index contributed by atoms with van der Waals surface area (Å²) < 4.78 is 0. The van der Waals surface area contributed by atoms with E-state index in [1.165, 1.54) is 18.4 Å². The highest BCUT2D eigenvalue weighted by Gasteiger charge is 2.35. The van der Waals surface area contributed by atoms with Crippen LogP contribution in [0.2, 0.25) is 0 Å². The molecule has 0 unspecified atom stereocenters. The molecule has 2 aliphatic carbocycles. The summed E-state index contributed by atoms with van der Waals surface area (Å²) in [6.07, 6.45) is 7.20. The highest BCUT2D eigenvalue weighted by atomic mass is 32.1. The standard InChI is InChI=1S/C15H18N2S/c1-10-3-2-4-13(7-10)16-15(18)17-14-9-11-5-6-12(14)8-11/h2-7,11-12,14H,8-9H2,1H3,(H2,16,17,18)/t11-,12-,14+/m0/s1. The molecule has 2 bridgehead atoms.